The Morgan fingerprint density at radius 1 is 0.482 bits per heavy atom. The molecule has 0 heterocycles. The van der Waals surface area contributed by atoms with Gasteiger partial charge in [0.1, 0.15) is 19.3 Å². The maximum Gasteiger partial charge on any atom is 0.472 e. The molecule has 1 N–H and O–H groups in total. The number of quaternary nitrogens is 1. The maximum absolute atomic E-state index is 12.5. The number of ether oxygens (including phenoxy) is 2. The predicted octanol–water partition coefficient (Wildman–Crippen LogP) is 13.5. The Labute approximate surface area is 345 Å². The summed E-state index contributed by atoms with van der Waals surface area (Å²) in [5.41, 5.74) is 0. The highest BCUT2D eigenvalue weighted by Crippen LogP contribution is 2.43. The molecular weight excluding hydrogens is 718 g/mol. The average Bonchev–Trinajstić information content (AvgIpc) is 3.16. The summed E-state index contributed by atoms with van der Waals surface area (Å²) in [6.45, 7) is 6.60. The highest BCUT2D eigenvalue weighted by atomic mass is 31.2. The van der Waals surface area contributed by atoms with Gasteiger partial charge in [-0.1, -0.05) is 137 Å². The first kappa shape index (κ1) is 53.9. The third-order valence-electron chi connectivity index (χ3n) is 8.69. The van der Waals surface area contributed by atoms with Gasteiger partial charge in [-0.15, -0.1) is 0 Å². The van der Waals surface area contributed by atoms with Crippen molar-refractivity contribution in [3.05, 3.63) is 97.2 Å². The molecule has 0 aromatic rings. The number of hydrogen-bond donors (Lipinski definition) is 1. The second kappa shape index (κ2) is 41.1. The molecule has 0 radical (unpaired) electrons. The number of allylic oxidation sites excluding steroid dienone is 16. The molecule has 7 nitrogen and oxygen atoms in total. The number of likely N-dealkylation sites (N-methyl/N-ethyl adjacent to an activating group) is 1. The van der Waals surface area contributed by atoms with Crippen molar-refractivity contribution in [2.24, 2.45) is 0 Å². The molecule has 0 aliphatic rings. The van der Waals surface area contributed by atoms with Gasteiger partial charge in [0.25, 0.3) is 0 Å². The lowest BCUT2D eigenvalue weighted by Gasteiger charge is -2.24. The van der Waals surface area contributed by atoms with E-state index in [2.05, 4.69) is 111 Å². The zero-order chi connectivity index (χ0) is 41.1. The minimum atomic E-state index is -4.18. The van der Waals surface area contributed by atoms with Crippen molar-refractivity contribution >= 4 is 7.82 Å². The van der Waals surface area contributed by atoms with E-state index in [0.717, 1.165) is 77.0 Å². The lowest BCUT2D eigenvalue weighted by molar-refractivity contribution is -0.870. The Hall–Kier alpha value is -2.09. The molecule has 0 saturated heterocycles. The topological polar surface area (TPSA) is 74.2 Å². The molecule has 56 heavy (non-hydrogen) atoms. The normalized spacial score (nSPS) is 14.9. The monoisotopic (exact) mass is 803 g/mol. The highest BCUT2D eigenvalue weighted by Gasteiger charge is 2.25. The first-order chi connectivity index (χ1) is 27.2. The summed E-state index contributed by atoms with van der Waals surface area (Å²) < 4.78 is 35.6. The van der Waals surface area contributed by atoms with E-state index in [1.165, 1.54) is 51.4 Å². The first-order valence-electron chi connectivity index (χ1n) is 22.0. The molecule has 0 amide bonds. The van der Waals surface area contributed by atoms with Crippen LogP contribution >= 0.6 is 7.82 Å². The van der Waals surface area contributed by atoms with Gasteiger partial charge < -0.3 is 18.9 Å². The average molecular weight is 803 g/mol. The Balaban J connectivity index is 4.32. The molecular formula is C48H85NO6P+. The van der Waals surface area contributed by atoms with Crippen molar-refractivity contribution in [1.29, 1.82) is 0 Å². The van der Waals surface area contributed by atoms with Crippen LogP contribution in [0, 0.1) is 0 Å². The number of rotatable bonds is 40. The predicted molar refractivity (Wildman–Crippen MR) is 242 cm³/mol. The fourth-order valence-electron chi connectivity index (χ4n) is 5.21. The second-order valence-corrected chi connectivity index (χ2v) is 16.8. The van der Waals surface area contributed by atoms with E-state index in [1.54, 1.807) is 0 Å². The molecule has 0 spiro atoms. The molecule has 0 aromatic carbocycles. The van der Waals surface area contributed by atoms with Gasteiger partial charge in [-0.25, -0.2) is 4.57 Å². The van der Waals surface area contributed by atoms with E-state index in [-0.39, 0.29) is 13.2 Å². The summed E-state index contributed by atoms with van der Waals surface area (Å²) in [7, 11) is 1.83. The van der Waals surface area contributed by atoms with Crippen LogP contribution in [0.5, 0.6) is 0 Å². The molecule has 0 aliphatic carbocycles. The van der Waals surface area contributed by atoms with E-state index in [9.17, 15) is 9.46 Å². The molecule has 0 saturated carbocycles. The molecule has 322 valence electrons. The summed E-state index contributed by atoms with van der Waals surface area (Å²) in [6, 6.07) is 0. The molecule has 0 bridgehead atoms. The van der Waals surface area contributed by atoms with Crippen LogP contribution in [-0.4, -0.2) is 76.2 Å². The van der Waals surface area contributed by atoms with Crippen molar-refractivity contribution in [2.75, 3.05) is 60.7 Å². The summed E-state index contributed by atoms with van der Waals surface area (Å²) in [4.78, 5) is 10.2. The van der Waals surface area contributed by atoms with Gasteiger partial charge in [0.05, 0.1) is 34.4 Å². The van der Waals surface area contributed by atoms with Gasteiger partial charge in [0.15, 0.2) is 0 Å². The molecule has 2 atom stereocenters. The summed E-state index contributed by atoms with van der Waals surface area (Å²) in [5.74, 6) is 0. The number of nitrogens with zero attached hydrogens (tertiary/aromatic N) is 1. The van der Waals surface area contributed by atoms with Gasteiger partial charge in [0.2, 0.25) is 0 Å². The molecule has 0 rings (SSSR count). The van der Waals surface area contributed by atoms with Crippen molar-refractivity contribution in [3.63, 3.8) is 0 Å². The summed E-state index contributed by atoms with van der Waals surface area (Å²) >= 11 is 0. The largest absolute Gasteiger partial charge is 0.472 e. The molecule has 8 heteroatoms. The van der Waals surface area contributed by atoms with Crippen molar-refractivity contribution in [2.45, 2.75) is 148 Å². The van der Waals surface area contributed by atoms with Crippen LogP contribution in [0.25, 0.3) is 0 Å². The van der Waals surface area contributed by atoms with Crippen LogP contribution in [0.3, 0.4) is 0 Å². The van der Waals surface area contributed by atoms with Gasteiger partial charge in [-0.2, -0.15) is 0 Å². The molecule has 1 unspecified atom stereocenters. The van der Waals surface area contributed by atoms with Crippen molar-refractivity contribution < 1.29 is 32.5 Å². The van der Waals surface area contributed by atoms with Gasteiger partial charge in [-0.3, -0.25) is 9.05 Å². The van der Waals surface area contributed by atoms with E-state index < -0.39 is 13.9 Å². The van der Waals surface area contributed by atoms with E-state index in [0.29, 0.717) is 30.8 Å². The van der Waals surface area contributed by atoms with Crippen LogP contribution in [0.15, 0.2) is 97.2 Å². The van der Waals surface area contributed by atoms with Crippen molar-refractivity contribution in [3.8, 4) is 0 Å². The Kier molecular flexibility index (Phi) is 39.5. The summed E-state index contributed by atoms with van der Waals surface area (Å²) in [6.07, 6.45) is 57.4. The van der Waals surface area contributed by atoms with Crippen LogP contribution in [0.2, 0.25) is 0 Å². The fourth-order valence-corrected chi connectivity index (χ4v) is 5.95. The first-order valence-corrected chi connectivity index (χ1v) is 23.5. The quantitative estimate of drug-likeness (QED) is 0.0288. The number of phosphoric acid groups is 1. The highest BCUT2D eigenvalue weighted by molar-refractivity contribution is 7.47. The van der Waals surface area contributed by atoms with Crippen LogP contribution in [0.1, 0.15) is 142 Å². The Bertz CT molecular complexity index is 1150. The maximum atomic E-state index is 12.5. The lowest BCUT2D eigenvalue weighted by Crippen LogP contribution is -2.37. The van der Waals surface area contributed by atoms with Gasteiger partial charge in [0, 0.05) is 13.2 Å². The van der Waals surface area contributed by atoms with Gasteiger partial charge in [-0.05, 0) is 103 Å². The second-order valence-electron chi connectivity index (χ2n) is 15.3. The number of unbranched alkanes of at least 4 members (excludes halogenated alkanes) is 10. The zero-order valence-corrected chi connectivity index (χ0v) is 37.5. The van der Waals surface area contributed by atoms with Crippen LogP contribution in [0.4, 0.5) is 0 Å². The molecule has 0 aliphatic heterocycles. The Morgan fingerprint density at radius 2 is 0.857 bits per heavy atom. The molecule has 0 fully saturated rings. The Morgan fingerprint density at radius 3 is 1.25 bits per heavy atom. The van der Waals surface area contributed by atoms with Crippen molar-refractivity contribution in [1.82, 2.24) is 0 Å². The van der Waals surface area contributed by atoms with Gasteiger partial charge >= 0.3 is 7.82 Å². The van der Waals surface area contributed by atoms with Crippen LogP contribution in [-0.2, 0) is 23.1 Å². The minimum absolute atomic E-state index is 0.0580. The van der Waals surface area contributed by atoms with Crippen LogP contribution < -0.4 is 0 Å². The fraction of sp³-hybridized carbons (Fsp3) is 0.667. The van der Waals surface area contributed by atoms with E-state index >= 15 is 0 Å². The van der Waals surface area contributed by atoms with E-state index in [4.69, 9.17) is 18.5 Å². The third kappa shape index (κ3) is 44.6. The summed E-state index contributed by atoms with van der Waals surface area (Å²) in [5, 5.41) is 0. The standard InChI is InChI=1S/C48H84NO6P/c1-6-8-10-12-14-16-18-20-22-24-26-28-30-32-34-36-38-40-43-52-46-48(47-55-56(50,51)54-45-42-49(3,4)5)53-44-41-39-37-35-33-31-29-27-25-23-21-19-17-15-13-11-9-7-2/h14-17,20-23,26-29,32-35,48H,6-13,18-19,24-25,30-31,36-47H2,1-5H3/p+1/b16-14-,17-15-,22-20-,23-21-,28-26-,29-27-,34-32-,35-33-/t48-/m1/s1. The minimum Gasteiger partial charge on any atom is -0.379 e. The SMILES string of the molecule is CCCCC/C=C\C/C=C\C/C=C\C/C=C\CCCCOC[C@H](COP(=O)(O)OCC[N+](C)(C)C)OCCCC/C=C\C/C=C\C/C=C\C/C=C\CCCCC. The number of phosphoric ester groups is 1. The number of hydrogen-bond acceptors (Lipinski definition) is 5. The zero-order valence-electron chi connectivity index (χ0n) is 36.6. The molecule has 0 aromatic heterocycles. The smallest absolute Gasteiger partial charge is 0.379 e. The lowest BCUT2D eigenvalue weighted by atomic mass is 10.2. The van der Waals surface area contributed by atoms with E-state index in [1.807, 2.05) is 21.1 Å². The third-order valence-corrected chi connectivity index (χ3v) is 9.67.